The van der Waals surface area contributed by atoms with E-state index in [9.17, 15) is 4.79 Å². The zero-order chi connectivity index (χ0) is 13.4. The van der Waals surface area contributed by atoms with Crippen LogP contribution < -0.4 is 16.4 Å². The number of nitrogens with two attached hydrogens (primary N) is 1. The van der Waals surface area contributed by atoms with Crippen molar-refractivity contribution < 1.29 is 4.79 Å². The molecule has 0 spiro atoms. The van der Waals surface area contributed by atoms with Gasteiger partial charge in [-0.3, -0.25) is 4.79 Å². The van der Waals surface area contributed by atoms with Crippen LogP contribution in [0, 0.1) is 0 Å². The Balaban J connectivity index is 2.61. The second-order valence-electron chi connectivity index (χ2n) is 3.46. The molecule has 5 nitrogen and oxygen atoms in total. The summed E-state index contributed by atoms with van der Waals surface area (Å²) in [5, 5.41) is 5.49. The van der Waals surface area contributed by atoms with E-state index in [4.69, 9.17) is 5.73 Å². The Morgan fingerprint density at radius 2 is 2.28 bits per heavy atom. The Labute approximate surface area is 106 Å². The lowest BCUT2D eigenvalue weighted by atomic mass is 10.3. The molecule has 0 aliphatic carbocycles. The third-order valence-electron chi connectivity index (χ3n) is 2.07. The number of allylic oxidation sites excluding steroid dienone is 2. The monoisotopic (exact) mass is 244 g/mol. The third kappa shape index (κ3) is 4.52. The van der Waals surface area contributed by atoms with Gasteiger partial charge in [0.2, 0.25) is 6.41 Å². The molecule has 0 unspecified atom stereocenters. The summed E-state index contributed by atoms with van der Waals surface area (Å²) in [6.07, 6.45) is 3.83. The smallest absolute Gasteiger partial charge is 0.211 e. The molecule has 1 amide bonds. The molecule has 1 rings (SSSR count). The summed E-state index contributed by atoms with van der Waals surface area (Å²) in [7, 11) is 0. The van der Waals surface area contributed by atoms with E-state index < -0.39 is 0 Å². The quantitative estimate of drug-likeness (QED) is 0.406. The van der Waals surface area contributed by atoms with Crippen LogP contribution in [0.1, 0.15) is 6.92 Å². The number of nitrogen functional groups attached to an aromatic ring is 1. The second kappa shape index (κ2) is 6.90. The molecule has 94 valence electrons. The standard InChI is InChI=1S/C13H16N4O/c1-3-12(16-9-18)8-15-10(2)17-13-6-4-5-11(14)7-13/h3-9,17H,2,14H2,1H3,(H,16,18)/b12-3+,15-8-. The van der Waals surface area contributed by atoms with Crippen molar-refractivity contribution in [3.8, 4) is 0 Å². The highest BCUT2D eigenvalue weighted by molar-refractivity contribution is 5.82. The fourth-order valence-corrected chi connectivity index (χ4v) is 1.23. The summed E-state index contributed by atoms with van der Waals surface area (Å²) >= 11 is 0. The van der Waals surface area contributed by atoms with Crippen LogP contribution in [0.25, 0.3) is 0 Å². The summed E-state index contributed by atoms with van der Waals surface area (Å²) in [6.45, 7) is 5.55. The Hall–Kier alpha value is -2.56. The molecule has 0 atom stereocenters. The van der Waals surface area contributed by atoms with E-state index in [0.717, 1.165) is 5.69 Å². The molecule has 0 radical (unpaired) electrons. The number of nitrogens with one attached hydrogen (secondary N) is 2. The van der Waals surface area contributed by atoms with E-state index in [-0.39, 0.29) is 0 Å². The van der Waals surface area contributed by atoms with Crippen LogP contribution in [0.2, 0.25) is 0 Å². The van der Waals surface area contributed by atoms with Gasteiger partial charge in [-0.1, -0.05) is 18.7 Å². The Kier molecular flexibility index (Phi) is 5.18. The van der Waals surface area contributed by atoms with Crippen LogP contribution in [0.15, 0.2) is 53.4 Å². The Morgan fingerprint density at radius 3 is 2.89 bits per heavy atom. The predicted molar refractivity (Wildman–Crippen MR) is 75.1 cm³/mol. The minimum atomic E-state index is 0.452. The average molecular weight is 244 g/mol. The molecule has 1 aromatic rings. The van der Waals surface area contributed by atoms with Crippen LogP contribution in [0.3, 0.4) is 0 Å². The van der Waals surface area contributed by atoms with Crippen molar-refractivity contribution in [3.63, 3.8) is 0 Å². The van der Waals surface area contributed by atoms with E-state index in [1.54, 1.807) is 25.1 Å². The lowest BCUT2D eigenvalue weighted by Crippen LogP contribution is -2.11. The zero-order valence-electron chi connectivity index (χ0n) is 10.2. The van der Waals surface area contributed by atoms with Crippen molar-refractivity contribution in [1.29, 1.82) is 0 Å². The fraction of sp³-hybridized carbons (Fsp3) is 0.0769. The van der Waals surface area contributed by atoms with Gasteiger partial charge in [-0.05, 0) is 25.1 Å². The van der Waals surface area contributed by atoms with Crippen LogP contribution in [0.5, 0.6) is 0 Å². The van der Waals surface area contributed by atoms with Crippen LogP contribution in [-0.2, 0) is 4.79 Å². The molecule has 0 bridgehead atoms. The number of carbonyl (C=O) groups is 1. The van der Waals surface area contributed by atoms with Crippen molar-refractivity contribution in [1.82, 2.24) is 5.32 Å². The number of anilines is 2. The Morgan fingerprint density at radius 1 is 1.50 bits per heavy atom. The maximum Gasteiger partial charge on any atom is 0.211 e. The summed E-state index contributed by atoms with van der Waals surface area (Å²) in [5.74, 6) is 0.452. The topological polar surface area (TPSA) is 79.5 Å². The van der Waals surface area contributed by atoms with Gasteiger partial charge in [-0.25, -0.2) is 4.99 Å². The van der Waals surface area contributed by atoms with Gasteiger partial charge in [0.15, 0.2) is 0 Å². The fourth-order valence-electron chi connectivity index (χ4n) is 1.23. The van der Waals surface area contributed by atoms with Gasteiger partial charge in [0, 0.05) is 11.4 Å². The average Bonchev–Trinajstić information content (AvgIpc) is 2.34. The first kappa shape index (κ1) is 13.5. The Bertz CT molecular complexity index is 492. The highest BCUT2D eigenvalue weighted by Gasteiger charge is 1.94. The summed E-state index contributed by atoms with van der Waals surface area (Å²) in [5.41, 5.74) is 7.72. The SMILES string of the molecule is C=C(/N=C\C(=C/C)NC=O)Nc1cccc(N)c1. The van der Waals surface area contributed by atoms with Crippen LogP contribution >= 0.6 is 0 Å². The second-order valence-corrected chi connectivity index (χ2v) is 3.46. The first-order valence-electron chi connectivity index (χ1n) is 5.37. The lowest BCUT2D eigenvalue weighted by Gasteiger charge is -2.06. The van der Waals surface area contributed by atoms with Crippen molar-refractivity contribution in [2.75, 3.05) is 11.1 Å². The minimum Gasteiger partial charge on any atom is -0.399 e. The minimum absolute atomic E-state index is 0.452. The number of aliphatic imine (C=N–C) groups is 1. The summed E-state index contributed by atoms with van der Waals surface area (Å²) < 4.78 is 0. The van der Waals surface area contributed by atoms with Gasteiger partial charge in [0.1, 0.15) is 5.82 Å². The summed E-state index contributed by atoms with van der Waals surface area (Å²) in [4.78, 5) is 14.4. The molecule has 0 saturated heterocycles. The van der Waals surface area contributed by atoms with Gasteiger partial charge in [-0.15, -0.1) is 0 Å². The number of carbonyl (C=O) groups excluding carboxylic acids is 1. The highest BCUT2D eigenvalue weighted by Crippen LogP contribution is 2.13. The van der Waals surface area contributed by atoms with Gasteiger partial charge >= 0.3 is 0 Å². The molecule has 5 heteroatoms. The first-order chi connectivity index (χ1) is 8.65. The van der Waals surface area contributed by atoms with Crippen molar-refractivity contribution in [3.05, 3.63) is 48.4 Å². The van der Waals surface area contributed by atoms with Crippen LogP contribution in [-0.4, -0.2) is 12.6 Å². The molecular weight excluding hydrogens is 228 g/mol. The lowest BCUT2D eigenvalue weighted by molar-refractivity contribution is -0.108. The molecular formula is C13H16N4O. The molecule has 0 fully saturated rings. The number of amides is 1. The van der Waals surface area contributed by atoms with Crippen LogP contribution in [0.4, 0.5) is 11.4 Å². The maximum atomic E-state index is 10.3. The predicted octanol–water partition coefficient (Wildman–Crippen LogP) is 1.87. The molecule has 1 aromatic carbocycles. The van der Waals surface area contributed by atoms with E-state index >= 15 is 0 Å². The molecule has 4 N–H and O–H groups in total. The van der Waals surface area contributed by atoms with E-state index in [1.807, 2.05) is 12.1 Å². The normalized spacial score (nSPS) is 11.3. The van der Waals surface area contributed by atoms with Gasteiger partial charge in [-0.2, -0.15) is 0 Å². The third-order valence-corrected chi connectivity index (χ3v) is 2.07. The number of benzene rings is 1. The maximum absolute atomic E-state index is 10.3. The molecule has 0 aromatic heterocycles. The van der Waals surface area contributed by atoms with Crippen molar-refractivity contribution >= 4 is 24.0 Å². The zero-order valence-corrected chi connectivity index (χ0v) is 10.2. The number of nitrogens with zero attached hydrogens (tertiary/aromatic N) is 1. The number of hydrogen-bond donors (Lipinski definition) is 3. The molecule has 0 saturated carbocycles. The molecule has 0 aliphatic heterocycles. The highest BCUT2D eigenvalue weighted by atomic mass is 16.1. The van der Waals surface area contributed by atoms with E-state index in [0.29, 0.717) is 23.6 Å². The number of hydrogen-bond acceptors (Lipinski definition) is 4. The molecule has 0 heterocycles. The molecule has 18 heavy (non-hydrogen) atoms. The van der Waals surface area contributed by atoms with Gasteiger partial charge < -0.3 is 16.4 Å². The van der Waals surface area contributed by atoms with Gasteiger partial charge in [0.05, 0.1) is 11.9 Å². The number of rotatable bonds is 6. The largest absolute Gasteiger partial charge is 0.399 e. The van der Waals surface area contributed by atoms with E-state index in [1.165, 1.54) is 6.21 Å². The van der Waals surface area contributed by atoms with Crippen molar-refractivity contribution in [2.45, 2.75) is 6.92 Å². The first-order valence-corrected chi connectivity index (χ1v) is 5.37. The van der Waals surface area contributed by atoms with Crippen molar-refractivity contribution in [2.24, 2.45) is 4.99 Å². The van der Waals surface area contributed by atoms with E-state index in [2.05, 4.69) is 22.2 Å². The van der Waals surface area contributed by atoms with Gasteiger partial charge in [0.25, 0.3) is 0 Å². The molecule has 0 aliphatic rings. The summed E-state index contributed by atoms with van der Waals surface area (Å²) in [6, 6.07) is 7.27.